The second-order valence-electron chi connectivity index (χ2n) is 7.12. The van der Waals surface area contributed by atoms with Crippen LogP contribution in [0.2, 0.25) is 0 Å². The quantitative estimate of drug-likeness (QED) is 0.669. The predicted molar refractivity (Wildman–Crippen MR) is 105 cm³/mol. The van der Waals surface area contributed by atoms with E-state index in [9.17, 15) is 13.5 Å². The number of piperazine rings is 1. The number of fused-ring (bicyclic) bond motifs is 1. The van der Waals surface area contributed by atoms with Crippen LogP contribution in [0.4, 0.5) is 0 Å². The number of hydrogen-bond donors (Lipinski definition) is 2. The Morgan fingerprint density at radius 3 is 2.48 bits per heavy atom. The lowest BCUT2D eigenvalue weighted by molar-refractivity contribution is -0.906. The Bertz CT molecular complexity index is 864. The van der Waals surface area contributed by atoms with E-state index in [1.807, 2.05) is 42.5 Å². The van der Waals surface area contributed by atoms with E-state index in [1.165, 1.54) is 13.5 Å². The second-order valence-corrected chi connectivity index (χ2v) is 9.26. The van der Waals surface area contributed by atoms with E-state index < -0.39 is 16.3 Å². The zero-order valence-corrected chi connectivity index (χ0v) is 16.7. The summed E-state index contributed by atoms with van der Waals surface area (Å²) < 4.78 is 32.8. The summed E-state index contributed by atoms with van der Waals surface area (Å²) in [6, 6.07) is 14.0. The van der Waals surface area contributed by atoms with Crippen LogP contribution in [-0.4, -0.2) is 81.7 Å². The van der Waals surface area contributed by atoms with E-state index >= 15 is 0 Å². The molecule has 1 saturated heterocycles. The van der Waals surface area contributed by atoms with Crippen molar-refractivity contribution in [1.82, 2.24) is 8.61 Å². The summed E-state index contributed by atoms with van der Waals surface area (Å²) in [7, 11) is -0.262. The van der Waals surface area contributed by atoms with Gasteiger partial charge in [0.25, 0.3) is 10.2 Å². The maximum atomic E-state index is 12.1. The first kappa shape index (κ1) is 20.0. The molecule has 0 amide bonds. The summed E-state index contributed by atoms with van der Waals surface area (Å²) in [5.74, 6) is 0.740. The smallest absolute Gasteiger partial charge is 0.281 e. The molecule has 1 fully saturated rings. The number of nitrogens with one attached hydrogen (secondary N) is 1. The van der Waals surface area contributed by atoms with Crippen molar-refractivity contribution in [2.75, 3.05) is 53.4 Å². The molecule has 0 spiro atoms. The average Bonchev–Trinajstić information content (AvgIpc) is 2.66. The van der Waals surface area contributed by atoms with Crippen LogP contribution in [0, 0.1) is 0 Å². The molecule has 1 aliphatic heterocycles. The Balaban J connectivity index is 1.46. The standard InChI is InChI=1S/C19H27N3O4S/c1-20(2)27(24,25)22-11-9-21(10-12-22)14-18(23)15-26-19-8-7-16-5-3-4-6-17(16)13-19/h3-8,13,18,23H,9-12,14-15H2,1-2H3/p+1/t18-/m0/s1. The van der Waals surface area contributed by atoms with Gasteiger partial charge in [-0.15, -0.1) is 0 Å². The van der Waals surface area contributed by atoms with Crippen LogP contribution in [0.15, 0.2) is 42.5 Å². The van der Waals surface area contributed by atoms with Crippen molar-refractivity contribution in [2.45, 2.75) is 6.10 Å². The van der Waals surface area contributed by atoms with Crippen LogP contribution in [0.1, 0.15) is 0 Å². The maximum Gasteiger partial charge on any atom is 0.281 e. The molecule has 1 heterocycles. The van der Waals surface area contributed by atoms with E-state index in [-0.39, 0.29) is 6.61 Å². The van der Waals surface area contributed by atoms with E-state index in [1.54, 1.807) is 14.1 Å². The molecule has 1 aliphatic rings. The van der Waals surface area contributed by atoms with Gasteiger partial charge in [0.05, 0.1) is 26.2 Å². The van der Waals surface area contributed by atoms with Crippen LogP contribution >= 0.6 is 0 Å². The Kier molecular flexibility index (Phi) is 6.33. The fraction of sp³-hybridized carbons (Fsp3) is 0.474. The average molecular weight is 395 g/mol. The Hall–Kier alpha value is -1.71. The SMILES string of the molecule is CN(C)S(=O)(=O)N1CC[NH+](C[C@H](O)COc2ccc3ccccc3c2)CC1. The summed E-state index contributed by atoms with van der Waals surface area (Å²) in [6.07, 6.45) is -0.594. The van der Waals surface area contributed by atoms with Crippen molar-refractivity contribution < 1.29 is 23.2 Å². The highest BCUT2D eigenvalue weighted by molar-refractivity contribution is 7.86. The number of rotatable bonds is 7. The molecule has 0 radical (unpaired) electrons. The number of benzene rings is 2. The number of ether oxygens (including phenoxy) is 1. The van der Waals surface area contributed by atoms with Crippen molar-refractivity contribution in [3.05, 3.63) is 42.5 Å². The lowest BCUT2D eigenvalue weighted by Crippen LogP contribution is -3.16. The minimum Gasteiger partial charge on any atom is -0.491 e. The van der Waals surface area contributed by atoms with Crippen LogP contribution < -0.4 is 9.64 Å². The van der Waals surface area contributed by atoms with Gasteiger partial charge in [0.1, 0.15) is 25.0 Å². The molecule has 0 saturated carbocycles. The summed E-state index contributed by atoms with van der Waals surface area (Å²) in [4.78, 5) is 1.19. The van der Waals surface area contributed by atoms with Gasteiger partial charge in [-0.1, -0.05) is 30.3 Å². The van der Waals surface area contributed by atoms with Gasteiger partial charge in [-0.2, -0.15) is 17.0 Å². The summed E-state index contributed by atoms with van der Waals surface area (Å²) >= 11 is 0. The molecular weight excluding hydrogens is 366 g/mol. The molecule has 8 heteroatoms. The molecule has 2 aromatic rings. The topological polar surface area (TPSA) is 74.5 Å². The zero-order valence-electron chi connectivity index (χ0n) is 15.8. The van der Waals surface area contributed by atoms with E-state index in [4.69, 9.17) is 4.74 Å². The second kappa shape index (κ2) is 8.53. The molecule has 148 valence electrons. The molecule has 27 heavy (non-hydrogen) atoms. The van der Waals surface area contributed by atoms with Gasteiger partial charge in [0.15, 0.2) is 0 Å². The Labute approximate surface area is 160 Å². The normalized spacial score (nSPS) is 18.1. The minimum absolute atomic E-state index is 0.224. The van der Waals surface area contributed by atoms with Gasteiger partial charge >= 0.3 is 0 Å². The van der Waals surface area contributed by atoms with Crippen LogP contribution in [0.5, 0.6) is 5.75 Å². The molecule has 2 aromatic carbocycles. The number of aliphatic hydroxyl groups is 1. The molecule has 1 atom stereocenters. The predicted octanol–water partition coefficient (Wildman–Crippen LogP) is -0.414. The van der Waals surface area contributed by atoms with Gasteiger partial charge in [-0.05, 0) is 22.9 Å². The van der Waals surface area contributed by atoms with E-state index in [2.05, 4.69) is 0 Å². The highest BCUT2D eigenvalue weighted by atomic mass is 32.2. The van der Waals surface area contributed by atoms with Gasteiger partial charge in [0, 0.05) is 14.1 Å². The van der Waals surface area contributed by atoms with E-state index in [0.717, 1.165) is 16.5 Å². The summed E-state index contributed by atoms with van der Waals surface area (Å²) in [5.41, 5.74) is 0. The van der Waals surface area contributed by atoms with Gasteiger partial charge in [0.2, 0.25) is 0 Å². The summed E-state index contributed by atoms with van der Waals surface area (Å²) in [5, 5.41) is 12.6. The molecule has 0 aromatic heterocycles. The van der Waals surface area contributed by atoms with Crippen LogP contribution in [0.3, 0.4) is 0 Å². The Morgan fingerprint density at radius 2 is 1.81 bits per heavy atom. The summed E-state index contributed by atoms with van der Waals surface area (Å²) in [6.45, 7) is 3.06. The first-order valence-corrected chi connectivity index (χ1v) is 10.6. The molecule has 0 bridgehead atoms. The molecule has 0 aliphatic carbocycles. The molecule has 3 rings (SSSR count). The van der Waals surface area contributed by atoms with Gasteiger partial charge in [-0.3, -0.25) is 0 Å². The first-order chi connectivity index (χ1) is 12.9. The number of quaternary nitrogens is 1. The maximum absolute atomic E-state index is 12.1. The third-order valence-corrected chi connectivity index (χ3v) is 6.85. The molecule has 0 unspecified atom stereocenters. The van der Waals surface area contributed by atoms with E-state index in [0.29, 0.717) is 32.7 Å². The zero-order chi connectivity index (χ0) is 19.4. The lowest BCUT2D eigenvalue weighted by atomic mass is 10.1. The molecular formula is C19H28N3O4S+. The van der Waals surface area contributed by atoms with Gasteiger partial charge < -0.3 is 14.7 Å². The number of nitrogens with zero attached hydrogens (tertiary/aromatic N) is 2. The van der Waals surface area contributed by atoms with Crippen LogP contribution in [0.25, 0.3) is 10.8 Å². The third-order valence-electron chi connectivity index (χ3n) is 4.90. The first-order valence-electron chi connectivity index (χ1n) is 9.17. The van der Waals surface area contributed by atoms with Crippen molar-refractivity contribution in [1.29, 1.82) is 0 Å². The molecule has 2 N–H and O–H groups in total. The minimum atomic E-state index is -3.35. The molecule has 7 nitrogen and oxygen atoms in total. The third kappa shape index (κ3) is 4.97. The van der Waals surface area contributed by atoms with Crippen LogP contribution in [-0.2, 0) is 10.2 Å². The lowest BCUT2D eigenvalue weighted by Gasteiger charge is -2.33. The monoisotopic (exact) mass is 394 g/mol. The van der Waals surface area contributed by atoms with Crippen molar-refractivity contribution in [3.63, 3.8) is 0 Å². The fourth-order valence-corrected chi connectivity index (χ4v) is 4.42. The highest BCUT2D eigenvalue weighted by Gasteiger charge is 2.31. The Morgan fingerprint density at radius 1 is 1.15 bits per heavy atom. The van der Waals surface area contributed by atoms with Gasteiger partial charge in [-0.25, -0.2) is 0 Å². The number of aliphatic hydroxyl groups excluding tert-OH is 1. The fourth-order valence-electron chi connectivity index (χ4n) is 3.31. The largest absolute Gasteiger partial charge is 0.491 e. The van der Waals surface area contributed by atoms with Crippen molar-refractivity contribution >= 4 is 21.0 Å². The van der Waals surface area contributed by atoms with Crippen molar-refractivity contribution in [3.8, 4) is 5.75 Å². The highest BCUT2D eigenvalue weighted by Crippen LogP contribution is 2.20. The number of hydrogen-bond acceptors (Lipinski definition) is 4. The van der Waals surface area contributed by atoms with Crippen molar-refractivity contribution in [2.24, 2.45) is 0 Å².